The van der Waals surface area contributed by atoms with Crippen LogP contribution in [0.5, 0.6) is 0 Å². The number of nitrogens with zero attached hydrogens (tertiary/aromatic N) is 2. The number of halogens is 2. The van der Waals surface area contributed by atoms with Crippen molar-refractivity contribution in [3.63, 3.8) is 0 Å². The molecule has 0 aliphatic carbocycles. The smallest absolute Gasteiger partial charge is 0.243 e. The van der Waals surface area contributed by atoms with Crippen LogP contribution in [0.2, 0.25) is 0 Å². The molecule has 0 radical (unpaired) electrons. The van der Waals surface area contributed by atoms with Crippen molar-refractivity contribution in [2.24, 2.45) is 10.9 Å². The fourth-order valence-corrected chi connectivity index (χ4v) is 2.46. The van der Waals surface area contributed by atoms with Crippen molar-refractivity contribution in [3.8, 4) is 0 Å². The van der Waals surface area contributed by atoms with E-state index >= 15 is 0 Å². The molecule has 0 aromatic heterocycles. The molecule has 1 aromatic rings. The Labute approximate surface area is 171 Å². The maximum absolute atomic E-state index is 13.7. The first kappa shape index (κ1) is 22.6. The number of hydrogen-bond donors (Lipinski definition) is 2. The van der Waals surface area contributed by atoms with Crippen molar-refractivity contribution in [2.75, 3.05) is 46.9 Å². The number of guanidine groups is 1. The fraction of sp³-hybridized carbons (Fsp3) is 0.556. The molecule has 1 aliphatic heterocycles. The maximum Gasteiger partial charge on any atom is 0.243 e. The van der Waals surface area contributed by atoms with E-state index in [-0.39, 0.29) is 42.2 Å². The van der Waals surface area contributed by atoms with E-state index in [1.807, 2.05) is 6.07 Å². The lowest BCUT2D eigenvalue weighted by Crippen LogP contribution is -2.41. The SMILES string of the molecule is CN(C)C(=O)CN=C(NCCc1ccccc1F)NCC1CCOC1.I. The Balaban J connectivity index is 0.00000338. The van der Waals surface area contributed by atoms with Crippen LogP contribution >= 0.6 is 24.0 Å². The molecule has 0 spiro atoms. The predicted molar refractivity (Wildman–Crippen MR) is 111 cm³/mol. The topological polar surface area (TPSA) is 66.0 Å². The van der Waals surface area contributed by atoms with Gasteiger partial charge in [0.1, 0.15) is 12.4 Å². The first-order valence-corrected chi connectivity index (χ1v) is 8.59. The molecule has 1 aliphatic rings. The molecule has 1 saturated heterocycles. The molecule has 6 nitrogen and oxygen atoms in total. The van der Waals surface area contributed by atoms with Crippen LogP contribution in [0.4, 0.5) is 4.39 Å². The summed E-state index contributed by atoms with van der Waals surface area (Å²) in [6, 6.07) is 6.73. The molecule has 1 heterocycles. The summed E-state index contributed by atoms with van der Waals surface area (Å²) in [6.45, 7) is 2.87. The van der Waals surface area contributed by atoms with Gasteiger partial charge in [-0.1, -0.05) is 18.2 Å². The number of carbonyl (C=O) groups excluding carboxylic acids is 1. The number of aliphatic imine (C=N–C) groups is 1. The third-order valence-electron chi connectivity index (χ3n) is 4.10. The molecular formula is C18H28FIN4O2. The number of amides is 1. The lowest BCUT2D eigenvalue weighted by atomic mass is 10.1. The first-order chi connectivity index (χ1) is 12.1. The van der Waals surface area contributed by atoms with Gasteiger partial charge >= 0.3 is 0 Å². The van der Waals surface area contributed by atoms with E-state index < -0.39 is 0 Å². The van der Waals surface area contributed by atoms with E-state index in [0.29, 0.717) is 30.4 Å². The Morgan fingerprint density at radius 1 is 1.35 bits per heavy atom. The second kappa shape index (κ2) is 12.1. The van der Waals surface area contributed by atoms with Gasteiger partial charge in [-0.15, -0.1) is 24.0 Å². The molecule has 1 amide bonds. The van der Waals surface area contributed by atoms with Crippen molar-refractivity contribution in [1.29, 1.82) is 0 Å². The minimum Gasteiger partial charge on any atom is -0.381 e. The van der Waals surface area contributed by atoms with E-state index in [9.17, 15) is 9.18 Å². The standard InChI is InChI=1S/C18H27FN4O2.HI/c1-23(2)17(24)12-22-18(21-11-14-8-10-25-13-14)20-9-7-15-5-3-4-6-16(15)19;/h3-6,14H,7-13H2,1-2H3,(H2,20,21,22);1H. The summed E-state index contributed by atoms with van der Waals surface area (Å²) in [6.07, 6.45) is 1.56. The fourth-order valence-electron chi connectivity index (χ4n) is 2.46. The minimum absolute atomic E-state index is 0. The van der Waals surface area contributed by atoms with Crippen LogP contribution in [0.15, 0.2) is 29.3 Å². The number of benzene rings is 1. The molecule has 0 saturated carbocycles. The quantitative estimate of drug-likeness (QED) is 0.356. The highest BCUT2D eigenvalue weighted by atomic mass is 127. The second-order valence-corrected chi connectivity index (χ2v) is 6.33. The third-order valence-corrected chi connectivity index (χ3v) is 4.10. The van der Waals surface area contributed by atoms with Crippen LogP contribution < -0.4 is 10.6 Å². The summed E-state index contributed by atoms with van der Waals surface area (Å²) in [5.41, 5.74) is 0.655. The summed E-state index contributed by atoms with van der Waals surface area (Å²) >= 11 is 0. The first-order valence-electron chi connectivity index (χ1n) is 8.59. The predicted octanol–water partition coefficient (Wildman–Crippen LogP) is 1.65. The minimum atomic E-state index is -0.207. The normalized spacial score (nSPS) is 16.7. The molecule has 1 aromatic carbocycles. The number of rotatable bonds is 7. The molecule has 26 heavy (non-hydrogen) atoms. The zero-order valence-electron chi connectivity index (χ0n) is 15.3. The second-order valence-electron chi connectivity index (χ2n) is 6.33. The van der Waals surface area contributed by atoms with Crippen LogP contribution in [0.3, 0.4) is 0 Å². The number of nitrogens with one attached hydrogen (secondary N) is 2. The number of ether oxygens (including phenoxy) is 1. The van der Waals surface area contributed by atoms with Crippen LogP contribution in [-0.2, 0) is 16.0 Å². The Hall–Kier alpha value is -1.42. The van der Waals surface area contributed by atoms with Gasteiger partial charge in [-0.25, -0.2) is 9.38 Å². The van der Waals surface area contributed by atoms with Crippen molar-refractivity contribution >= 4 is 35.8 Å². The van der Waals surface area contributed by atoms with E-state index in [2.05, 4.69) is 15.6 Å². The van der Waals surface area contributed by atoms with Gasteiger partial charge in [0.15, 0.2) is 5.96 Å². The Bertz CT molecular complexity index is 592. The van der Waals surface area contributed by atoms with Gasteiger partial charge in [-0.05, 0) is 24.5 Å². The van der Waals surface area contributed by atoms with Crippen molar-refractivity contribution in [3.05, 3.63) is 35.6 Å². The van der Waals surface area contributed by atoms with Gasteiger partial charge < -0.3 is 20.3 Å². The zero-order valence-corrected chi connectivity index (χ0v) is 17.7. The molecular weight excluding hydrogens is 450 g/mol. The average molecular weight is 478 g/mol. The third kappa shape index (κ3) is 7.86. The van der Waals surface area contributed by atoms with Crippen molar-refractivity contribution < 1.29 is 13.9 Å². The molecule has 146 valence electrons. The zero-order chi connectivity index (χ0) is 18.1. The Morgan fingerprint density at radius 3 is 2.77 bits per heavy atom. The van der Waals surface area contributed by atoms with Gasteiger partial charge in [-0.2, -0.15) is 0 Å². The average Bonchev–Trinajstić information content (AvgIpc) is 3.11. The number of carbonyl (C=O) groups is 1. The summed E-state index contributed by atoms with van der Waals surface area (Å²) < 4.78 is 19.0. The van der Waals surface area contributed by atoms with E-state index in [0.717, 1.165) is 26.2 Å². The van der Waals surface area contributed by atoms with Crippen molar-refractivity contribution in [1.82, 2.24) is 15.5 Å². The van der Waals surface area contributed by atoms with Gasteiger partial charge in [-0.3, -0.25) is 4.79 Å². The van der Waals surface area contributed by atoms with Crippen LogP contribution in [0.25, 0.3) is 0 Å². The highest BCUT2D eigenvalue weighted by molar-refractivity contribution is 14.0. The number of hydrogen-bond acceptors (Lipinski definition) is 3. The highest BCUT2D eigenvalue weighted by Crippen LogP contribution is 2.10. The largest absolute Gasteiger partial charge is 0.381 e. The van der Waals surface area contributed by atoms with E-state index in [4.69, 9.17) is 4.74 Å². The Kier molecular flexibility index (Phi) is 10.5. The van der Waals surface area contributed by atoms with Gasteiger partial charge in [0.25, 0.3) is 0 Å². The molecule has 8 heteroatoms. The molecule has 1 atom stereocenters. The van der Waals surface area contributed by atoms with Gasteiger partial charge in [0.05, 0.1) is 6.61 Å². The van der Waals surface area contributed by atoms with Gasteiger partial charge in [0.2, 0.25) is 5.91 Å². The molecule has 2 N–H and O–H groups in total. The number of likely N-dealkylation sites (N-methyl/N-ethyl adjacent to an activating group) is 1. The monoisotopic (exact) mass is 478 g/mol. The van der Waals surface area contributed by atoms with E-state index in [1.165, 1.54) is 11.0 Å². The lowest BCUT2D eigenvalue weighted by Gasteiger charge is -2.16. The van der Waals surface area contributed by atoms with E-state index in [1.54, 1.807) is 26.2 Å². The van der Waals surface area contributed by atoms with Crippen LogP contribution in [0.1, 0.15) is 12.0 Å². The summed E-state index contributed by atoms with van der Waals surface area (Å²) in [5, 5.41) is 6.43. The summed E-state index contributed by atoms with van der Waals surface area (Å²) in [4.78, 5) is 17.6. The van der Waals surface area contributed by atoms with Crippen LogP contribution in [-0.4, -0.2) is 63.7 Å². The molecule has 1 unspecified atom stereocenters. The molecule has 0 bridgehead atoms. The van der Waals surface area contributed by atoms with Gasteiger partial charge in [0, 0.05) is 39.7 Å². The van der Waals surface area contributed by atoms with Crippen molar-refractivity contribution in [2.45, 2.75) is 12.8 Å². The highest BCUT2D eigenvalue weighted by Gasteiger charge is 2.16. The Morgan fingerprint density at radius 2 is 2.12 bits per heavy atom. The summed E-state index contributed by atoms with van der Waals surface area (Å²) in [7, 11) is 3.40. The molecule has 2 rings (SSSR count). The van der Waals surface area contributed by atoms with Crippen LogP contribution in [0, 0.1) is 11.7 Å². The molecule has 1 fully saturated rings. The maximum atomic E-state index is 13.7. The lowest BCUT2D eigenvalue weighted by molar-refractivity contribution is -0.127. The summed E-state index contributed by atoms with van der Waals surface area (Å²) in [5.74, 6) is 0.739.